The first kappa shape index (κ1) is 11.4. The van der Waals surface area contributed by atoms with Gasteiger partial charge in [0.1, 0.15) is 6.54 Å². The first-order valence-corrected chi connectivity index (χ1v) is 6.38. The molecular formula is C10H10BrN3OS. The lowest BCUT2D eigenvalue weighted by molar-refractivity contribution is 0.199. The van der Waals surface area contributed by atoms with Crippen LogP contribution in [0.3, 0.4) is 0 Å². The van der Waals surface area contributed by atoms with E-state index in [9.17, 15) is 4.79 Å². The maximum atomic E-state index is 11.8. The van der Waals surface area contributed by atoms with Crippen molar-refractivity contribution < 1.29 is 4.79 Å². The lowest BCUT2D eigenvalue weighted by Crippen LogP contribution is -2.29. The van der Waals surface area contributed by atoms with Gasteiger partial charge in [-0.25, -0.2) is 4.79 Å². The number of hydrogen-bond acceptors (Lipinski definition) is 3. The smallest absolute Gasteiger partial charge is 0.318 e. The Bertz CT molecular complexity index is 453. The number of hydrogen-bond donors (Lipinski definition) is 0. The van der Waals surface area contributed by atoms with Crippen molar-refractivity contribution in [1.29, 1.82) is 5.26 Å². The number of carbonyl (C=O) groups is 1. The van der Waals surface area contributed by atoms with Gasteiger partial charge in [-0.15, -0.1) is 11.3 Å². The summed E-state index contributed by atoms with van der Waals surface area (Å²) < 4.78 is 1.06. The van der Waals surface area contributed by atoms with Gasteiger partial charge in [0.05, 0.1) is 15.9 Å². The maximum absolute atomic E-state index is 11.8. The number of thiophene rings is 1. The Hall–Kier alpha value is -1.06. The van der Waals surface area contributed by atoms with Crippen molar-refractivity contribution in [2.75, 3.05) is 20.1 Å². The van der Waals surface area contributed by atoms with Crippen molar-refractivity contribution in [1.82, 2.24) is 9.80 Å². The van der Waals surface area contributed by atoms with Gasteiger partial charge in [-0.3, -0.25) is 0 Å². The molecule has 84 valence electrons. The molecule has 0 aromatic carbocycles. The molecule has 6 heteroatoms. The van der Waals surface area contributed by atoms with Crippen molar-refractivity contribution in [3.63, 3.8) is 0 Å². The molecule has 1 aromatic rings. The van der Waals surface area contributed by atoms with E-state index in [2.05, 4.69) is 15.9 Å². The number of nitrogens with zero attached hydrogens (tertiary/aromatic N) is 3. The summed E-state index contributed by atoms with van der Waals surface area (Å²) >= 11 is 5.03. The molecule has 1 aliphatic rings. The molecule has 0 spiro atoms. The Kier molecular flexibility index (Phi) is 3.17. The average Bonchev–Trinajstić information content (AvgIpc) is 2.78. The molecule has 0 bridgehead atoms. The predicted octanol–water partition coefficient (Wildman–Crippen LogP) is 2.44. The van der Waals surface area contributed by atoms with Crippen LogP contribution in [0.2, 0.25) is 0 Å². The number of rotatable bonds is 2. The van der Waals surface area contributed by atoms with Gasteiger partial charge >= 0.3 is 6.03 Å². The molecule has 2 rings (SSSR count). The van der Waals surface area contributed by atoms with Crippen molar-refractivity contribution >= 4 is 33.3 Å². The molecule has 0 aliphatic carbocycles. The average molecular weight is 300 g/mol. The zero-order valence-corrected chi connectivity index (χ0v) is 11.1. The quantitative estimate of drug-likeness (QED) is 0.788. The zero-order chi connectivity index (χ0) is 11.7. The van der Waals surface area contributed by atoms with E-state index in [-0.39, 0.29) is 18.6 Å². The summed E-state index contributed by atoms with van der Waals surface area (Å²) in [7, 11) is 1.78. The Morgan fingerprint density at radius 2 is 2.44 bits per heavy atom. The standard InChI is InChI=1S/C10H10BrN3OS/c1-13-7(8-2-3-9(11)16-8)6-14(5-4-12)10(13)15/h2-3,7H,5-6H2,1H3. The molecule has 1 unspecified atom stereocenters. The van der Waals surface area contributed by atoms with Gasteiger partial charge in [0.15, 0.2) is 0 Å². The highest BCUT2D eigenvalue weighted by atomic mass is 79.9. The van der Waals surface area contributed by atoms with Crippen molar-refractivity contribution in [3.8, 4) is 6.07 Å². The van der Waals surface area contributed by atoms with Crippen LogP contribution in [0.1, 0.15) is 10.9 Å². The summed E-state index contributed by atoms with van der Waals surface area (Å²) in [6, 6.07) is 5.99. The summed E-state index contributed by atoms with van der Waals surface area (Å²) in [4.78, 5) is 16.2. The summed E-state index contributed by atoms with van der Waals surface area (Å²) in [5.74, 6) is 0. The second kappa shape index (κ2) is 4.44. The highest BCUT2D eigenvalue weighted by Gasteiger charge is 2.35. The third-order valence-electron chi connectivity index (χ3n) is 2.62. The van der Waals surface area contributed by atoms with Crippen molar-refractivity contribution in [2.45, 2.75) is 6.04 Å². The summed E-state index contributed by atoms with van der Waals surface area (Å²) in [5.41, 5.74) is 0. The van der Waals surface area contributed by atoms with Gasteiger partial charge < -0.3 is 9.80 Å². The largest absolute Gasteiger partial charge is 0.321 e. The van der Waals surface area contributed by atoms with Crippen LogP contribution >= 0.6 is 27.3 Å². The first-order valence-electron chi connectivity index (χ1n) is 4.77. The Morgan fingerprint density at radius 1 is 1.69 bits per heavy atom. The number of likely N-dealkylation sites (N-methyl/N-ethyl adjacent to an activating group) is 1. The Morgan fingerprint density at radius 3 is 3.00 bits per heavy atom. The normalized spacial score (nSPS) is 20.3. The molecule has 1 atom stereocenters. The first-order chi connectivity index (χ1) is 7.63. The van der Waals surface area contributed by atoms with E-state index in [0.29, 0.717) is 6.54 Å². The van der Waals surface area contributed by atoms with Crippen LogP contribution < -0.4 is 0 Å². The minimum Gasteiger partial charge on any atom is -0.318 e. The fraction of sp³-hybridized carbons (Fsp3) is 0.400. The van der Waals surface area contributed by atoms with Gasteiger partial charge in [0.2, 0.25) is 0 Å². The van der Waals surface area contributed by atoms with Gasteiger partial charge in [-0.1, -0.05) is 0 Å². The van der Waals surface area contributed by atoms with E-state index in [4.69, 9.17) is 5.26 Å². The van der Waals surface area contributed by atoms with Gasteiger partial charge in [-0.05, 0) is 28.1 Å². The van der Waals surface area contributed by atoms with Crippen molar-refractivity contribution in [3.05, 3.63) is 20.8 Å². The third-order valence-corrected chi connectivity index (χ3v) is 4.34. The van der Waals surface area contributed by atoms with E-state index in [0.717, 1.165) is 8.66 Å². The fourth-order valence-corrected chi connectivity index (χ4v) is 3.33. The molecule has 1 aromatic heterocycles. The predicted molar refractivity (Wildman–Crippen MR) is 65.1 cm³/mol. The van der Waals surface area contributed by atoms with Crippen LogP contribution in [0.25, 0.3) is 0 Å². The summed E-state index contributed by atoms with van der Waals surface area (Å²) in [6.07, 6.45) is 0. The molecular weight excluding hydrogens is 290 g/mol. The van der Waals surface area contributed by atoms with Gasteiger partial charge in [0, 0.05) is 18.5 Å². The van der Waals surface area contributed by atoms with E-state index in [1.807, 2.05) is 18.2 Å². The molecule has 2 heterocycles. The third kappa shape index (κ3) is 1.93. The molecule has 0 radical (unpaired) electrons. The number of nitriles is 1. The fourth-order valence-electron chi connectivity index (χ4n) is 1.77. The Labute approximate surface area is 106 Å². The second-order valence-electron chi connectivity index (χ2n) is 3.59. The molecule has 0 N–H and O–H groups in total. The topological polar surface area (TPSA) is 47.3 Å². The summed E-state index contributed by atoms with van der Waals surface area (Å²) in [6.45, 7) is 0.752. The lowest BCUT2D eigenvalue weighted by Gasteiger charge is -2.15. The monoisotopic (exact) mass is 299 g/mol. The van der Waals surface area contributed by atoms with Crippen molar-refractivity contribution in [2.24, 2.45) is 0 Å². The van der Waals surface area contributed by atoms with E-state index in [1.54, 1.807) is 28.2 Å². The summed E-state index contributed by atoms with van der Waals surface area (Å²) in [5, 5.41) is 8.62. The van der Waals surface area contributed by atoms with Crippen LogP contribution in [0, 0.1) is 11.3 Å². The SMILES string of the molecule is CN1C(=O)N(CC#N)CC1c1ccc(Br)s1. The van der Waals surface area contributed by atoms with E-state index in [1.165, 1.54) is 0 Å². The van der Waals surface area contributed by atoms with Crippen LogP contribution in [0.5, 0.6) is 0 Å². The van der Waals surface area contributed by atoms with Gasteiger partial charge in [0.25, 0.3) is 0 Å². The van der Waals surface area contributed by atoms with Crippen LogP contribution in [-0.2, 0) is 0 Å². The highest BCUT2D eigenvalue weighted by molar-refractivity contribution is 9.11. The number of carbonyl (C=O) groups excluding carboxylic acids is 1. The molecule has 1 fully saturated rings. The molecule has 4 nitrogen and oxygen atoms in total. The number of halogens is 1. The Balaban J connectivity index is 2.19. The minimum atomic E-state index is -0.0731. The second-order valence-corrected chi connectivity index (χ2v) is 6.08. The lowest BCUT2D eigenvalue weighted by atomic mass is 10.2. The number of amides is 2. The van der Waals surface area contributed by atoms with Gasteiger partial charge in [-0.2, -0.15) is 5.26 Å². The van der Waals surface area contributed by atoms with E-state index < -0.39 is 0 Å². The molecule has 2 amide bonds. The van der Waals surface area contributed by atoms with E-state index >= 15 is 0 Å². The molecule has 1 aliphatic heterocycles. The van der Waals surface area contributed by atoms with Crippen LogP contribution in [0.4, 0.5) is 4.79 Å². The molecule has 0 saturated carbocycles. The molecule has 16 heavy (non-hydrogen) atoms. The van der Waals surface area contributed by atoms with Crippen LogP contribution in [-0.4, -0.2) is 36.0 Å². The molecule has 1 saturated heterocycles. The zero-order valence-electron chi connectivity index (χ0n) is 8.68. The van der Waals surface area contributed by atoms with Crippen LogP contribution in [0.15, 0.2) is 15.9 Å². The number of urea groups is 1. The maximum Gasteiger partial charge on any atom is 0.321 e. The minimum absolute atomic E-state index is 0.0668. The highest BCUT2D eigenvalue weighted by Crippen LogP contribution is 2.34.